The van der Waals surface area contributed by atoms with E-state index in [0.29, 0.717) is 49.9 Å². The Labute approximate surface area is 208 Å². The second-order valence-corrected chi connectivity index (χ2v) is 10.4. The Hall–Kier alpha value is -3.54. The van der Waals surface area contributed by atoms with Gasteiger partial charge in [-0.25, -0.2) is 25.0 Å². The van der Waals surface area contributed by atoms with Gasteiger partial charge in [0.15, 0.2) is 0 Å². The van der Waals surface area contributed by atoms with Crippen molar-refractivity contribution in [2.75, 3.05) is 91.6 Å². The van der Waals surface area contributed by atoms with Crippen LogP contribution in [-0.4, -0.2) is 144 Å². The van der Waals surface area contributed by atoms with Crippen LogP contribution in [0.25, 0.3) is 0 Å². The highest BCUT2D eigenvalue weighted by atomic mass is 15.4. The molecule has 0 saturated carbocycles. The lowest BCUT2D eigenvalue weighted by Crippen LogP contribution is -2.48. The molecular weight excluding hydrogens is 444 g/mol. The molecule has 0 saturated heterocycles. The Morgan fingerprint density at radius 2 is 0.971 bits per heavy atom. The van der Waals surface area contributed by atoms with Gasteiger partial charge in [-0.05, 0) is 0 Å². The molecule has 12 heteroatoms. The van der Waals surface area contributed by atoms with Gasteiger partial charge in [0.1, 0.15) is 33.5 Å². The van der Waals surface area contributed by atoms with Crippen molar-refractivity contribution in [2.45, 2.75) is 0 Å². The fourth-order valence-corrected chi connectivity index (χ4v) is 3.81. The molecule has 0 spiro atoms. The summed E-state index contributed by atoms with van der Waals surface area (Å²) in [6.45, 7) is 0. The van der Waals surface area contributed by atoms with Crippen molar-refractivity contribution in [1.82, 2.24) is 24.5 Å². The molecule has 190 valence electrons. The predicted octanol–water partition coefficient (Wildman–Crippen LogP) is 0.417. The number of rotatable bonds is 2. The minimum Gasteiger partial charge on any atom is -0.349 e. The van der Waals surface area contributed by atoms with Gasteiger partial charge in [0.05, 0.1) is 21.1 Å². The Morgan fingerprint density at radius 3 is 1.29 bits per heavy atom. The Kier molecular flexibility index (Phi) is 6.89. The van der Waals surface area contributed by atoms with Crippen molar-refractivity contribution < 1.29 is 4.48 Å². The zero-order valence-electron chi connectivity index (χ0n) is 23.4. The van der Waals surface area contributed by atoms with Crippen LogP contribution in [0.3, 0.4) is 0 Å². The molecule has 2 aliphatic rings. The third kappa shape index (κ3) is 4.97. The first-order chi connectivity index (χ1) is 16.1. The van der Waals surface area contributed by atoms with E-state index in [9.17, 15) is 0 Å². The van der Waals surface area contributed by atoms with Crippen LogP contribution >= 0.6 is 0 Å². The number of hydrogen-bond acceptors (Lipinski definition) is 8. The second-order valence-electron chi connectivity index (χ2n) is 10.4. The summed E-state index contributed by atoms with van der Waals surface area (Å²) in [5, 5.41) is 1.29. The fourth-order valence-electron chi connectivity index (χ4n) is 3.81. The maximum Gasteiger partial charge on any atom is 0.304 e. The van der Waals surface area contributed by atoms with Gasteiger partial charge >= 0.3 is 5.96 Å². The van der Waals surface area contributed by atoms with E-state index < -0.39 is 0 Å². The molecule has 0 fully saturated rings. The molecule has 3 rings (SSSR count). The first kappa shape index (κ1) is 26.1. The highest BCUT2D eigenvalue weighted by molar-refractivity contribution is 5.98. The van der Waals surface area contributed by atoms with Gasteiger partial charge in [-0.15, -0.1) is 0 Å². The van der Waals surface area contributed by atoms with Crippen molar-refractivity contribution in [3.8, 4) is 0 Å². The summed E-state index contributed by atoms with van der Waals surface area (Å²) in [6, 6.07) is 0. The molecule has 0 aliphatic carbocycles. The molecule has 2 aliphatic heterocycles. The minimum absolute atomic E-state index is 0.518. The summed E-state index contributed by atoms with van der Waals surface area (Å²) in [7, 11) is 25.7. The van der Waals surface area contributed by atoms with E-state index >= 15 is 0 Å². The number of quaternary nitrogens is 1. The van der Waals surface area contributed by atoms with Crippen LogP contribution in [-0.2, 0) is 0 Å². The molecule has 12 nitrogen and oxygen atoms in total. The topological polar surface area (TPSA) is 90.4 Å². The zero-order valence-corrected chi connectivity index (χ0v) is 23.4. The summed E-state index contributed by atoms with van der Waals surface area (Å²) < 4.78 is 0.518. The van der Waals surface area contributed by atoms with Crippen molar-refractivity contribution in [2.24, 2.45) is 30.0 Å². The van der Waals surface area contributed by atoms with E-state index in [2.05, 4.69) is 21.1 Å². The first-order valence-electron chi connectivity index (χ1n) is 11.3. The summed E-state index contributed by atoms with van der Waals surface area (Å²) >= 11 is 0. The van der Waals surface area contributed by atoms with Crippen LogP contribution in [0, 0.1) is 0 Å². The molecule has 0 aromatic heterocycles. The van der Waals surface area contributed by atoms with Gasteiger partial charge < -0.3 is 24.5 Å². The van der Waals surface area contributed by atoms with Crippen LogP contribution < -0.4 is 10.7 Å². The molecule has 0 bridgehead atoms. The minimum atomic E-state index is 0.518. The fraction of sp³-hybridized carbons (Fsp3) is 0.565. The maximum absolute atomic E-state index is 5.12. The lowest BCUT2D eigenvalue weighted by Gasteiger charge is -2.28. The van der Waals surface area contributed by atoms with Gasteiger partial charge in [0, 0.05) is 70.5 Å². The van der Waals surface area contributed by atoms with Crippen LogP contribution in [0.15, 0.2) is 30.0 Å². The van der Waals surface area contributed by atoms with Crippen molar-refractivity contribution in [1.29, 1.82) is 0 Å². The van der Waals surface area contributed by atoms with E-state index in [1.807, 2.05) is 95.0 Å². The largest absolute Gasteiger partial charge is 0.349 e. The smallest absolute Gasteiger partial charge is 0.304 e. The van der Waals surface area contributed by atoms with Gasteiger partial charge in [-0.1, -0.05) is 0 Å². The van der Waals surface area contributed by atoms with Gasteiger partial charge in [-0.3, -0.25) is 4.48 Å². The number of fused-ring (bicyclic) bond motifs is 2. The van der Waals surface area contributed by atoms with Crippen molar-refractivity contribution in [3.63, 3.8) is 0 Å². The van der Waals surface area contributed by atoms with Crippen molar-refractivity contribution in [3.05, 3.63) is 10.7 Å². The normalized spacial score (nSPS) is 14.3. The first-order valence-corrected chi connectivity index (χ1v) is 11.3. The highest BCUT2D eigenvalue weighted by Gasteiger charge is 2.30. The highest BCUT2D eigenvalue weighted by Crippen LogP contribution is 2.35. The predicted molar refractivity (Wildman–Crippen MR) is 144 cm³/mol. The number of benzene rings is 1. The average molecular weight is 484 g/mol. The van der Waals surface area contributed by atoms with E-state index in [1.54, 1.807) is 0 Å². The molecule has 0 amide bonds. The van der Waals surface area contributed by atoms with E-state index in [0.717, 1.165) is 11.9 Å². The molecule has 2 heterocycles. The van der Waals surface area contributed by atoms with Crippen molar-refractivity contribution >= 4 is 46.6 Å². The summed E-state index contributed by atoms with van der Waals surface area (Å²) in [5.41, 5.74) is 2.56. The quantitative estimate of drug-likeness (QED) is 0.345. The molecule has 0 N–H and O–H groups in total. The Balaban J connectivity index is 2.53. The third-order valence-electron chi connectivity index (χ3n) is 5.22. The van der Waals surface area contributed by atoms with E-state index in [1.165, 1.54) is 0 Å². The Bertz CT molecular complexity index is 1240. The summed E-state index contributed by atoms with van der Waals surface area (Å²) in [5.74, 6) is 2.77. The number of guanidine groups is 4. The summed E-state index contributed by atoms with van der Waals surface area (Å²) in [6.07, 6.45) is 0. The molecule has 0 unspecified atom stereocenters. The van der Waals surface area contributed by atoms with Crippen LogP contribution in [0.1, 0.15) is 0 Å². The zero-order chi connectivity index (χ0) is 26.4. The second kappa shape index (κ2) is 9.25. The van der Waals surface area contributed by atoms with Gasteiger partial charge in [0.2, 0.25) is 17.9 Å². The monoisotopic (exact) mass is 483 g/mol. The number of nitrogens with zero attached hydrogens (tertiary/aromatic N) is 12. The summed E-state index contributed by atoms with van der Waals surface area (Å²) in [4.78, 5) is 39.3. The lowest BCUT2D eigenvalue weighted by molar-refractivity contribution is -0.782. The molecule has 1 aromatic carbocycles. The SMILES string of the molecule is CN(C)C1=Nc2c(/N=C(/N(C)C)[N+](C)(C)C)c3c(c(N=C(N(C)C)N(C)C)c2=N1)N=C(N(C)C)N=3. The van der Waals surface area contributed by atoms with Crippen LogP contribution in [0.2, 0.25) is 0 Å². The molecule has 35 heavy (non-hydrogen) atoms. The van der Waals surface area contributed by atoms with Gasteiger partial charge in [0.25, 0.3) is 0 Å². The van der Waals surface area contributed by atoms with Gasteiger partial charge in [-0.2, -0.15) is 4.99 Å². The molecule has 1 aromatic rings. The Morgan fingerprint density at radius 1 is 0.571 bits per heavy atom. The average Bonchev–Trinajstić information content (AvgIpc) is 3.33. The third-order valence-corrected chi connectivity index (χ3v) is 5.22. The van der Waals surface area contributed by atoms with Crippen LogP contribution in [0.5, 0.6) is 0 Å². The lowest BCUT2D eigenvalue weighted by atomic mass is 10.1. The number of aliphatic imine (C=N–C) groups is 4. The molecule has 0 atom stereocenters. The maximum atomic E-state index is 5.12. The number of hydrogen-bond donors (Lipinski definition) is 0. The van der Waals surface area contributed by atoms with Crippen LogP contribution in [0.4, 0.5) is 22.7 Å². The van der Waals surface area contributed by atoms with E-state index in [4.69, 9.17) is 30.0 Å². The van der Waals surface area contributed by atoms with E-state index in [-0.39, 0.29) is 0 Å². The molecule has 0 radical (unpaired) electrons. The standard InChI is InChI=1S/C23H39N12/c1-30(2)20-24-14-16(26-20)19(29-23(34(9)10)35(11,12)13)17-15(25-21(27-17)31(3)4)18(14)28-22(32(5)6)33(7)8/h1-13H3/q+1/b29-23-. The molecular formula is C23H39N12+.